The Morgan fingerprint density at radius 2 is 2.00 bits per heavy atom. The number of aryl methyl sites for hydroxylation is 1. The molecule has 5 nitrogen and oxygen atoms in total. The van der Waals surface area contributed by atoms with E-state index in [0.29, 0.717) is 12.2 Å². The van der Waals surface area contributed by atoms with Crippen LogP contribution >= 0.6 is 0 Å². The van der Waals surface area contributed by atoms with E-state index in [9.17, 15) is 15.0 Å². The number of carbonyl (C=O) groups excluding carboxylic acids is 1. The van der Waals surface area contributed by atoms with E-state index in [2.05, 4.69) is 5.32 Å². The van der Waals surface area contributed by atoms with Crippen LogP contribution in [-0.2, 0) is 6.42 Å². The van der Waals surface area contributed by atoms with E-state index in [4.69, 9.17) is 4.42 Å². The topological polar surface area (TPSA) is 82.7 Å². The number of hydrogen-bond donors (Lipinski definition) is 3. The molecule has 1 atom stereocenters. The molecule has 0 bridgehead atoms. The Hall–Kier alpha value is -2.43. The Morgan fingerprint density at radius 3 is 2.60 bits per heavy atom. The van der Waals surface area contributed by atoms with E-state index < -0.39 is 0 Å². The van der Waals surface area contributed by atoms with Crippen LogP contribution in [0, 0.1) is 6.92 Å². The summed E-state index contributed by atoms with van der Waals surface area (Å²) in [7, 11) is 0. The highest BCUT2D eigenvalue weighted by atomic mass is 16.3. The number of benzene rings is 1. The molecule has 2 aromatic rings. The molecule has 0 spiro atoms. The average molecular weight is 275 g/mol. The van der Waals surface area contributed by atoms with Crippen LogP contribution in [0.3, 0.4) is 0 Å². The molecule has 0 radical (unpaired) electrons. The predicted octanol–water partition coefficient (Wildman–Crippen LogP) is 2.36. The summed E-state index contributed by atoms with van der Waals surface area (Å²) < 4.78 is 5.25. The van der Waals surface area contributed by atoms with E-state index in [1.54, 1.807) is 25.1 Å². The molecule has 0 saturated carbocycles. The summed E-state index contributed by atoms with van der Waals surface area (Å²) >= 11 is 0. The number of hydrogen-bond acceptors (Lipinski definition) is 4. The van der Waals surface area contributed by atoms with Gasteiger partial charge in [-0.15, -0.1) is 0 Å². The first kappa shape index (κ1) is 14.0. The van der Waals surface area contributed by atoms with E-state index in [0.717, 1.165) is 5.56 Å². The second-order valence-corrected chi connectivity index (χ2v) is 4.81. The maximum absolute atomic E-state index is 11.9. The van der Waals surface area contributed by atoms with Crippen molar-refractivity contribution in [2.75, 3.05) is 0 Å². The molecule has 1 aromatic carbocycles. The molecular weight excluding hydrogens is 258 g/mol. The molecule has 20 heavy (non-hydrogen) atoms. The number of amides is 1. The SMILES string of the molecule is Cc1ccc(C(=O)N[C@H](C)Cc2ccc(O)c(O)c2)o1. The molecule has 5 heteroatoms. The van der Waals surface area contributed by atoms with Gasteiger partial charge >= 0.3 is 0 Å². The Labute approximate surface area is 116 Å². The second-order valence-electron chi connectivity index (χ2n) is 4.81. The van der Waals surface area contributed by atoms with Crippen molar-refractivity contribution in [2.45, 2.75) is 26.3 Å². The largest absolute Gasteiger partial charge is 0.504 e. The molecule has 0 saturated heterocycles. The smallest absolute Gasteiger partial charge is 0.287 e. The van der Waals surface area contributed by atoms with Crippen molar-refractivity contribution in [3.05, 3.63) is 47.4 Å². The maximum Gasteiger partial charge on any atom is 0.287 e. The Balaban J connectivity index is 1.96. The molecule has 0 unspecified atom stereocenters. The summed E-state index contributed by atoms with van der Waals surface area (Å²) in [4.78, 5) is 11.9. The standard InChI is InChI=1S/C15H17NO4/c1-9(7-11-4-5-12(17)13(18)8-11)16-15(19)14-6-3-10(2)20-14/h3-6,8-9,17-18H,7H2,1-2H3,(H,16,19)/t9-/m1/s1. The van der Waals surface area contributed by atoms with Crippen molar-refractivity contribution >= 4 is 5.91 Å². The predicted molar refractivity (Wildman–Crippen MR) is 73.8 cm³/mol. The number of rotatable bonds is 4. The van der Waals surface area contributed by atoms with Crippen molar-refractivity contribution < 1.29 is 19.4 Å². The van der Waals surface area contributed by atoms with Crippen LogP contribution in [0.1, 0.15) is 28.8 Å². The molecular formula is C15H17NO4. The second kappa shape index (κ2) is 5.69. The van der Waals surface area contributed by atoms with Crippen LogP contribution in [0.4, 0.5) is 0 Å². The zero-order chi connectivity index (χ0) is 14.7. The van der Waals surface area contributed by atoms with Gasteiger partial charge in [-0.1, -0.05) is 6.07 Å². The molecule has 3 N–H and O–H groups in total. The van der Waals surface area contributed by atoms with Gasteiger partial charge in [0, 0.05) is 6.04 Å². The van der Waals surface area contributed by atoms with Gasteiger partial charge < -0.3 is 19.9 Å². The molecule has 0 fully saturated rings. The molecule has 0 aliphatic heterocycles. The number of nitrogens with one attached hydrogen (secondary N) is 1. The van der Waals surface area contributed by atoms with Crippen LogP contribution in [0.5, 0.6) is 11.5 Å². The molecule has 0 aliphatic carbocycles. The lowest BCUT2D eigenvalue weighted by atomic mass is 10.1. The number of phenols is 2. The zero-order valence-corrected chi connectivity index (χ0v) is 11.4. The minimum Gasteiger partial charge on any atom is -0.504 e. The van der Waals surface area contributed by atoms with Crippen molar-refractivity contribution in [1.82, 2.24) is 5.32 Å². The maximum atomic E-state index is 11.9. The third-order valence-corrected chi connectivity index (χ3v) is 2.92. The summed E-state index contributed by atoms with van der Waals surface area (Å²) in [6, 6.07) is 7.84. The van der Waals surface area contributed by atoms with Crippen molar-refractivity contribution in [3.8, 4) is 11.5 Å². The van der Waals surface area contributed by atoms with Crippen LogP contribution in [-0.4, -0.2) is 22.2 Å². The summed E-state index contributed by atoms with van der Waals surface area (Å²) in [5.41, 5.74) is 0.823. The first-order chi connectivity index (χ1) is 9.45. The minimum atomic E-state index is -0.270. The lowest BCUT2D eigenvalue weighted by molar-refractivity contribution is 0.0911. The molecule has 1 heterocycles. The Bertz CT molecular complexity index is 618. The van der Waals surface area contributed by atoms with Gasteiger partial charge in [0.2, 0.25) is 0 Å². The molecule has 0 aliphatic rings. The highest BCUT2D eigenvalue weighted by Gasteiger charge is 2.13. The van der Waals surface area contributed by atoms with E-state index >= 15 is 0 Å². The van der Waals surface area contributed by atoms with Crippen LogP contribution in [0.15, 0.2) is 34.7 Å². The minimum absolute atomic E-state index is 0.128. The van der Waals surface area contributed by atoms with Gasteiger partial charge in [-0.05, 0) is 50.1 Å². The van der Waals surface area contributed by atoms with Crippen LogP contribution in [0.25, 0.3) is 0 Å². The number of furan rings is 1. The Morgan fingerprint density at radius 1 is 1.25 bits per heavy atom. The normalized spacial score (nSPS) is 12.1. The first-order valence-electron chi connectivity index (χ1n) is 6.34. The molecule has 2 rings (SSSR count). The lowest BCUT2D eigenvalue weighted by Gasteiger charge is -2.13. The van der Waals surface area contributed by atoms with Gasteiger partial charge in [-0.25, -0.2) is 0 Å². The van der Waals surface area contributed by atoms with Gasteiger partial charge in [-0.2, -0.15) is 0 Å². The number of carbonyl (C=O) groups is 1. The zero-order valence-electron chi connectivity index (χ0n) is 11.4. The Kier molecular flexibility index (Phi) is 3.98. The summed E-state index contributed by atoms with van der Waals surface area (Å²) in [6.45, 7) is 3.64. The van der Waals surface area contributed by atoms with E-state index in [1.807, 2.05) is 6.92 Å². The van der Waals surface area contributed by atoms with Gasteiger partial charge in [0.15, 0.2) is 17.3 Å². The highest BCUT2D eigenvalue weighted by Crippen LogP contribution is 2.25. The fourth-order valence-electron chi connectivity index (χ4n) is 1.95. The molecule has 1 aromatic heterocycles. The molecule has 1 amide bonds. The monoisotopic (exact) mass is 275 g/mol. The first-order valence-corrected chi connectivity index (χ1v) is 6.34. The fourth-order valence-corrected chi connectivity index (χ4v) is 1.95. The van der Waals surface area contributed by atoms with Crippen molar-refractivity contribution in [3.63, 3.8) is 0 Å². The molecule has 106 valence electrons. The van der Waals surface area contributed by atoms with Gasteiger partial charge in [0.1, 0.15) is 5.76 Å². The summed E-state index contributed by atoms with van der Waals surface area (Å²) in [6.07, 6.45) is 0.541. The van der Waals surface area contributed by atoms with Gasteiger partial charge in [0.25, 0.3) is 5.91 Å². The quantitative estimate of drug-likeness (QED) is 0.748. The van der Waals surface area contributed by atoms with Crippen molar-refractivity contribution in [1.29, 1.82) is 0 Å². The van der Waals surface area contributed by atoms with Crippen molar-refractivity contribution in [2.24, 2.45) is 0 Å². The fraction of sp³-hybridized carbons (Fsp3) is 0.267. The lowest BCUT2D eigenvalue weighted by Crippen LogP contribution is -2.33. The van der Waals surface area contributed by atoms with Crippen LogP contribution < -0.4 is 5.32 Å². The van der Waals surface area contributed by atoms with Gasteiger partial charge in [-0.3, -0.25) is 4.79 Å². The van der Waals surface area contributed by atoms with E-state index in [1.165, 1.54) is 12.1 Å². The highest BCUT2D eigenvalue weighted by molar-refractivity contribution is 5.91. The number of phenolic OH excluding ortho intramolecular Hbond substituents is 2. The van der Waals surface area contributed by atoms with Gasteiger partial charge in [0.05, 0.1) is 0 Å². The average Bonchev–Trinajstić information content (AvgIpc) is 2.80. The summed E-state index contributed by atoms with van der Waals surface area (Å²) in [5.74, 6) is 0.377. The number of aromatic hydroxyl groups is 2. The van der Waals surface area contributed by atoms with Crippen LogP contribution in [0.2, 0.25) is 0 Å². The third kappa shape index (κ3) is 3.32. The van der Waals surface area contributed by atoms with E-state index in [-0.39, 0.29) is 29.2 Å². The third-order valence-electron chi connectivity index (χ3n) is 2.92. The summed E-state index contributed by atoms with van der Waals surface area (Å²) in [5, 5.41) is 21.5.